The van der Waals surface area contributed by atoms with Gasteiger partial charge in [0.15, 0.2) is 5.05 Å². The summed E-state index contributed by atoms with van der Waals surface area (Å²) in [6.07, 6.45) is 18.3. The molecule has 0 aromatic heterocycles. The normalized spacial score (nSPS) is 40.9. The van der Waals surface area contributed by atoms with E-state index in [0.717, 1.165) is 28.7 Å². The Balaban J connectivity index is 1.34. The maximum atomic E-state index is 6.21. The molecule has 2 heteroatoms. The number of hydrogen-bond donors (Lipinski definition) is 0. The average Bonchev–Trinajstić information content (AvgIpc) is 2.59. The van der Waals surface area contributed by atoms with Gasteiger partial charge >= 0.3 is 0 Å². The predicted octanol–water partition coefficient (Wildman–Crippen LogP) is 6.93. The number of hydrogen-bond acceptors (Lipinski definition) is 2. The van der Waals surface area contributed by atoms with E-state index in [4.69, 9.17) is 17.0 Å². The lowest BCUT2D eigenvalue weighted by Crippen LogP contribution is -2.29. The van der Waals surface area contributed by atoms with Gasteiger partial charge in [0.25, 0.3) is 0 Å². The number of thiocarbonyl (C=S) groups is 1. The SMILES string of the molecule is CC1CCC(CC2CCC(C(=S)OC3CCC(C)CC3)CC2)CC1. The number of rotatable bonds is 4. The Labute approximate surface area is 155 Å². The van der Waals surface area contributed by atoms with Gasteiger partial charge in [-0.3, -0.25) is 0 Å². The first-order chi connectivity index (χ1) is 11.6. The highest BCUT2D eigenvalue weighted by Crippen LogP contribution is 2.39. The second-order valence-electron chi connectivity index (χ2n) is 9.40. The summed E-state index contributed by atoms with van der Waals surface area (Å²) in [7, 11) is 0. The minimum absolute atomic E-state index is 0.427. The molecule has 0 aromatic carbocycles. The molecule has 3 rings (SSSR count). The standard InChI is InChI=1S/C22H38OS/c1-16-3-7-18(8-4-16)15-19-9-11-20(12-10-19)22(24)23-21-13-5-17(2)6-14-21/h16-21H,3-15H2,1-2H3. The van der Waals surface area contributed by atoms with Gasteiger partial charge in [0.05, 0.1) is 6.10 Å². The molecule has 0 radical (unpaired) electrons. The van der Waals surface area contributed by atoms with Crippen molar-refractivity contribution in [3.8, 4) is 0 Å². The van der Waals surface area contributed by atoms with Crippen LogP contribution in [0.15, 0.2) is 0 Å². The molecule has 3 saturated carbocycles. The average molecular weight is 351 g/mol. The van der Waals surface area contributed by atoms with E-state index in [2.05, 4.69) is 13.8 Å². The summed E-state index contributed by atoms with van der Waals surface area (Å²) in [4.78, 5) is 0. The molecule has 3 aliphatic carbocycles. The van der Waals surface area contributed by atoms with E-state index < -0.39 is 0 Å². The van der Waals surface area contributed by atoms with E-state index >= 15 is 0 Å². The van der Waals surface area contributed by atoms with Crippen LogP contribution in [0.1, 0.15) is 97.3 Å². The Morgan fingerprint density at radius 3 is 1.71 bits per heavy atom. The topological polar surface area (TPSA) is 9.23 Å². The fourth-order valence-electron chi connectivity index (χ4n) is 5.28. The lowest BCUT2D eigenvalue weighted by atomic mass is 9.73. The van der Waals surface area contributed by atoms with Gasteiger partial charge in [0, 0.05) is 5.92 Å². The lowest BCUT2D eigenvalue weighted by Gasteiger charge is -2.34. The Bertz CT molecular complexity index is 383. The van der Waals surface area contributed by atoms with Crippen LogP contribution in [-0.2, 0) is 4.74 Å². The van der Waals surface area contributed by atoms with Crippen LogP contribution in [0.3, 0.4) is 0 Å². The third-order valence-corrected chi connectivity index (χ3v) is 7.66. The van der Waals surface area contributed by atoms with E-state index in [-0.39, 0.29) is 0 Å². The molecular formula is C22H38OS. The van der Waals surface area contributed by atoms with Gasteiger partial charge in [-0.2, -0.15) is 0 Å². The van der Waals surface area contributed by atoms with Crippen molar-refractivity contribution in [1.82, 2.24) is 0 Å². The zero-order valence-electron chi connectivity index (χ0n) is 16.0. The summed E-state index contributed by atoms with van der Waals surface area (Å²) < 4.78 is 6.21. The molecule has 0 spiro atoms. The van der Waals surface area contributed by atoms with Crippen molar-refractivity contribution in [3.63, 3.8) is 0 Å². The summed E-state index contributed by atoms with van der Waals surface area (Å²) in [5.74, 6) is 4.43. The largest absolute Gasteiger partial charge is 0.484 e. The van der Waals surface area contributed by atoms with Crippen molar-refractivity contribution < 1.29 is 4.74 Å². The molecular weight excluding hydrogens is 312 g/mol. The minimum atomic E-state index is 0.427. The molecule has 0 amide bonds. The fourth-order valence-corrected chi connectivity index (χ4v) is 5.65. The Kier molecular flexibility index (Phi) is 7.01. The molecule has 1 nitrogen and oxygen atoms in total. The van der Waals surface area contributed by atoms with Crippen LogP contribution >= 0.6 is 12.2 Å². The van der Waals surface area contributed by atoms with Gasteiger partial charge in [-0.05, 0) is 93.7 Å². The van der Waals surface area contributed by atoms with E-state index in [1.807, 2.05) is 0 Å². The van der Waals surface area contributed by atoms with Gasteiger partial charge in [0.1, 0.15) is 0 Å². The molecule has 138 valence electrons. The Morgan fingerprint density at radius 2 is 1.17 bits per heavy atom. The highest BCUT2D eigenvalue weighted by atomic mass is 32.1. The predicted molar refractivity (Wildman–Crippen MR) is 106 cm³/mol. The lowest BCUT2D eigenvalue weighted by molar-refractivity contribution is 0.113. The summed E-state index contributed by atoms with van der Waals surface area (Å²) in [6.45, 7) is 4.79. The molecule has 3 aliphatic rings. The third-order valence-electron chi connectivity index (χ3n) is 7.23. The second-order valence-corrected chi connectivity index (χ2v) is 9.80. The van der Waals surface area contributed by atoms with Gasteiger partial charge in [0.2, 0.25) is 0 Å². The molecule has 0 heterocycles. The first-order valence-corrected chi connectivity index (χ1v) is 11.2. The monoisotopic (exact) mass is 350 g/mol. The number of ether oxygens (including phenoxy) is 1. The first kappa shape index (κ1) is 18.7. The van der Waals surface area contributed by atoms with Crippen molar-refractivity contribution >= 4 is 17.3 Å². The molecule has 0 unspecified atom stereocenters. The van der Waals surface area contributed by atoms with E-state index in [1.54, 1.807) is 0 Å². The zero-order valence-corrected chi connectivity index (χ0v) is 16.8. The molecule has 0 N–H and O–H groups in total. The summed E-state index contributed by atoms with van der Waals surface area (Å²) in [6, 6.07) is 0. The molecule has 0 aromatic rings. The maximum absolute atomic E-state index is 6.21. The van der Waals surface area contributed by atoms with Crippen molar-refractivity contribution in [2.24, 2.45) is 29.6 Å². The molecule has 0 atom stereocenters. The van der Waals surface area contributed by atoms with Crippen molar-refractivity contribution in [2.45, 2.75) is 103 Å². The molecule has 3 fully saturated rings. The Hall–Kier alpha value is -0.110. The van der Waals surface area contributed by atoms with Crippen LogP contribution in [0, 0.1) is 29.6 Å². The van der Waals surface area contributed by atoms with Crippen LogP contribution in [0.2, 0.25) is 0 Å². The van der Waals surface area contributed by atoms with E-state index in [1.165, 1.54) is 83.5 Å². The van der Waals surface area contributed by atoms with Gasteiger partial charge in [-0.25, -0.2) is 0 Å². The zero-order chi connectivity index (χ0) is 16.9. The molecule has 0 bridgehead atoms. The fraction of sp³-hybridized carbons (Fsp3) is 0.955. The van der Waals surface area contributed by atoms with Gasteiger partial charge in [-0.1, -0.05) is 39.5 Å². The van der Waals surface area contributed by atoms with Crippen LogP contribution in [-0.4, -0.2) is 11.2 Å². The third kappa shape index (κ3) is 5.44. The van der Waals surface area contributed by atoms with Crippen LogP contribution in [0.25, 0.3) is 0 Å². The van der Waals surface area contributed by atoms with E-state index in [0.29, 0.717) is 12.0 Å². The van der Waals surface area contributed by atoms with E-state index in [9.17, 15) is 0 Å². The van der Waals surface area contributed by atoms with Crippen LogP contribution in [0.4, 0.5) is 0 Å². The summed E-state index contributed by atoms with van der Waals surface area (Å²) in [5, 5.41) is 0.958. The van der Waals surface area contributed by atoms with Crippen LogP contribution < -0.4 is 0 Å². The minimum Gasteiger partial charge on any atom is -0.484 e. The van der Waals surface area contributed by atoms with Crippen molar-refractivity contribution in [3.05, 3.63) is 0 Å². The quantitative estimate of drug-likeness (QED) is 0.508. The highest BCUT2D eigenvalue weighted by molar-refractivity contribution is 7.80. The maximum Gasteiger partial charge on any atom is 0.163 e. The van der Waals surface area contributed by atoms with Gasteiger partial charge in [-0.15, -0.1) is 0 Å². The Morgan fingerprint density at radius 1 is 0.708 bits per heavy atom. The van der Waals surface area contributed by atoms with Crippen molar-refractivity contribution in [1.29, 1.82) is 0 Å². The smallest absolute Gasteiger partial charge is 0.163 e. The first-order valence-electron chi connectivity index (χ1n) is 10.8. The molecule has 24 heavy (non-hydrogen) atoms. The highest BCUT2D eigenvalue weighted by Gasteiger charge is 2.29. The second kappa shape index (κ2) is 9.01. The molecule has 0 saturated heterocycles. The van der Waals surface area contributed by atoms with Gasteiger partial charge < -0.3 is 4.74 Å². The molecule has 0 aliphatic heterocycles. The summed E-state index contributed by atoms with van der Waals surface area (Å²) in [5.41, 5.74) is 0. The van der Waals surface area contributed by atoms with Crippen molar-refractivity contribution in [2.75, 3.05) is 0 Å². The van der Waals surface area contributed by atoms with Crippen LogP contribution in [0.5, 0.6) is 0 Å². The summed E-state index contributed by atoms with van der Waals surface area (Å²) >= 11 is 5.67.